The predicted molar refractivity (Wildman–Crippen MR) is 95.3 cm³/mol. The molecule has 25 heavy (non-hydrogen) atoms. The Kier molecular flexibility index (Phi) is 4.00. The molecule has 4 aromatic rings. The maximum Gasteiger partial charge on any atom is 0.250 e. The van der Waals surface area contributed by atoms with E-state index in [1.807, 2.05) is 12.5 Å². The number of aryl methyl sites for hydroxylation is 2. The van der Waals surface area contributed by atoms with Crippen LogP contribution in [0.4, 0.5) is 4.39 Å². The summed E-state index contributed by atoms with van der Waals surface area (Å²) in [6, 6.07) is 4.64. The lowest BCUT2D eigenvalue weighted by Crippen LogP contribution is -2.08. The molecule has 0 amide bonds. The zero-order valence-electron chi connectivity index (χ0n) is 13.8. The van der Waals surface area contributed by atoms with Crippen molar-refractivity contribution in [3.63, 3.8) is 0 Å². The van der Waals surface area contributed by atoms with Crippen molar-refractivity contribution in [2.75, 3.05) is 12.0 Å². The highest BCUT2D eigenvalue weighted by Gasteiger charge is 2.19. The molecule has 0 aliphatic rings. The summed E-state index contributed by atoms with van der Waals surface area (Å²) < 4.78 is 17.0. The summed E-state index contributed by atoms with van der Waals surface area (Å²) in [7, 11) is 1.80. The van der Waals surface area contributed by atoms with Crippen LogP contribution in [0.1, 0.15) is 5.82 Å². The zero-order valence-corrected chi connectivity index (χ0v) is 14.6. The Morgan fingerprint density at radius 1 is 1.32 bits per heavy atom. The lowest BCUT2D eigenvalue weighted by Gasteiger charge is -2.03. The number of aromatic nitrogens is 7. The third-order valence-electron chi connectivity index (χ3n) is 3.94. The first-order valence-electron chi connectivity index (χ1n) is 7.73. The van der Waals surface area contributed by atoms with E-state index < -0.39 is 0 Å². The summed E-state index contributed by atoms with van der Waals surface area (Å²) in [5, 5.41) is 9.46. The van der Waals surface area contributed by atoms with Crippen molar-refractivity contribution in [3.8, 4) is 17.3 Å². The fourth-order valence-electron chi connectivity index (χ4n) is 2.73. The van der Waals surface area contributed by atoms with Crippen molar-refractivity contribution >= 4 is 22.7 Å². The molecule has 9 heteroatoms. The molecule has 4 rings (SSSR count). The number of H-pyrrole nitrogens is 1. The number of hydrogen-bond donors (Lipinski definition) is 1. The van der Waals surface area contributed by atoms with Gasteiger partial charge in [0, 0.05) is 41.9 Å². The van der Waals surface area contributed by atoms with Gasteiger partial charge in [-0.1, -0.05) is 0 Å². The Bertz CT molecular complexity index is 1030. The van der Waals surface area contributed by atoms with E-state index in [4.69, 9.17) is 0 Å². The number of benzene rings is 1. The molecule has 128 valence electrons. The average Bonchev–Trinajstić information content (AvgIpc) is 3.30. The number of hydrogen-bond acceptors (Lipinski definition) is 5. The maximum absolute atomic E-state index is 13.7. The van der Waals surface area contributed by atoms with Gasteiger partial charge in [-0.05, 0) is 24.5 Å². The van der Waals surface area contributed by atoms with E-state index in [-0.39, 0.29) is 5.82 Å². The SMILES string of the molecule is CSCCc1nc(-c2c[nH]c3ccc(F)cc23)n(-c2ncnn2C)n1. The van der Waals surface area contributed by atoms with Gasteiger partial charge < -0.3 is 4.98 Å². The van der Waals surface area contributed by atoms with Crippen LogP contribution in [-0.2, 0) is 13.5 Å². The first kappa shape index (κ1) is 15.8. The molecular formula is C16H16FN7S. The average molecular weight is 357 g/mol. The van der Waals surface area contributed by atoms with Gasteiger partial charge in [-0.3, -0.25) is 0 Å². The number of rotatable bonds is 5. The minimum absolute atomic E-state index is 0.291. The number of aromatic amines is 1. The van der Waals surface area contributed by atoms with E-state index in [0.717, 1.165) is 34.5 Å². The second-order valence-electron chi connectivity index (χ2n) is 5.58. The van der Waals surface area contributed by atoms with E-state index in [1.54, 1.807) is 34.2 Å². The smallest absolute Gasteiger partial charge is 0.250 e. The first-order valence-corrected chi connectivity index (χ1v) is 9.13. The van der Waals surface area contributed by atoms with Crippen LogP contribution in [0.15, 0.2) is 30.7 Å². The molecule has 3 aromatic heterocycles. The Balaban J connectivity index is 1.91. The summed E-state index contributed by atoms with van der Waals surface area (Å²) in [6.45, 7) is 0. The number of nitrogens with zero attached hydrogens (tertiary/aromatic N) is 6. The lowest BCUT2D eigenvalue weighted by molar-refractivity contribution is 0.629. The van der Waals surface area contributed by atoms with Crippen LogP contribution >= 0.6 is 11.8 Å². The topological polar surface area (TPSA) is 77.2 Å². The normalized spacial score (nSPS) is 11.5. The van der Waals surface area contributed by atoms with Gasteiger partial charge in [0.05, 0.1) is 0 Å². The van der Waals surface area contributed by atoms with Crippen LogP contribution in [0.2, 0.25) is 0 Å². The molecule has 0 spiro atoms. The predicted octanol–water partition coefficient (Wildman–Crippen LogP) is 2.59. The Morgan fingerprint density at radius 3 is 2.96 bits per heavy atom. The Hall–Kier alpha value is -2.68. The highest BCUT2D eigenvalue weighted by atomic mass is 32.2. The van der Waals surface area contributed by atoms with Gasteiger partial charge in [-0.15, -0.1) is 5.10 Å². The van der Waals surface area contributed by atoms with E-state index in [2.05, 4.69) is 25.1 Å². The monoisotopic (exact) mass is 357 g/mol. The molecule has 7 nitrogen and oxygen atoms in total. The van der Waals surface area contributed by atoms with Gasteiger partial charge in [0.25, 0.3) is 5.95 Å². The third kappa shape index (κ3) is 2.80. The van der Waals surface area contributed by atoms with Crippen molar-refractivity contribution in [1.29, 1.82) is 0 Å². The van der Waals surface area contributed by atoms with Gasteiger partial charge in [0.15, 0.2) is 11.6 Å². The van der Waals surface area contributed by atoms with Crippen molar-refractivity contribution in [2.45, 2.75) is 6.42 Å². The van der Waals surface area contributed by atoms with E-state index in [9.17, 15) is 4.39 Å². The molecule has 0 fully saturated rings. The molecule has 0 unspecified atom stereocenters. The highest BCUT2D eigenvalue weighted by Crippen LogP contribution is 2.29. The zero-order chi connectivity index (χ0) is 17.4. The van der Waals surface area contributed by atoms with Crippen molar-refractivity contribution in [3.05, 3.63) is 42.4 Å². The van der Waals surface area contributed by atoms with Crippen LogP contribution in [0.3, 0.4) is 0 Å². The summed E-state index contributed by atoms with van der Waals surface area (Å²) >= 11 is 1.74. The minimum atomic E-state index is -0.291. The molecule has 0 radical (unpaired) electrons. The molecule has 1 N–H and O–H groups in total. The Morgan fingerprint density at radius 2 is 2.20 bits per heavy atom. The molecule has 3 heterocycles. The summed E-state index contributed by atoms with van der Waals surface area (Å²) in [4.78, 5) is 12.1. The molecule has 1 aromatic carbocycles. The molecule has 0 atom stereocenters. The lowest BCUT2D eigenvalue weighted by atomic mass is 10.1. The van der Waals surface area contributed by atoms with Crippen LogP contribution in [-0.4, -0.2) is 46.5 Å². The summed E-state index contributed by atoms with van der Waals surface area (Å²) in [5.41, 5.74) is 1.62. The van der Waals surface area contributed by atoms with E-state index in [1.165, 1.54) is 18.5 Å². The Labute approximate surface area is 147 Å². The quantitative estimate of drug-likeness (QED) is 0.594. The maximum atomic E-state index is 13.7. The van der Waals surface area contributed by atoms with E-state index >= 15 is 0 Å². The fraction of sp³-hybridized carbons (Fsp3) is 0.250. The van der Waals surface area contributed by atoms with Crippen LogP contribution in [0, 0.1) is 5.82 Å². The summed E-state index contributed by atoms with van der Waals surface area (Å²) in [6.07, 6.45) is 6.08. The second kappa shape index (κ2) is 6.32. The number of thioether (sulfide) groups is 1. The van der Waals surface area contributed by atoms with Gasteiger partial charge in [0.1, 0.15) is 12.1 Å². The molecule has 0 saturated heterocycles. The van der Waals surface area contributed by atoms with Crippen LogP contribution in [0.25, 0.3) is 28.2 Å². The fourth-order valence-corrected chi connectivity index (χ4v) is 3.11. The first-order chi connectivity index (χ1) is 12.2. The van der Waals surface area contributed by atoms with Crippen molar-refractivity contribution in [1.82, 2.24) is 34.5 Å². The van der Waals surface area contributed by atoms with Crippen molar-refractivity contribution < 1.29 is 4.39 Å². The van der Waals surface area contributed by atoms with Gasteiger partial charge >= 0.3 is 0 Å². The minimum Gasteiger partial charge on any atom is -0.360 e. The standard InChI is InChI=1S/C16H16FN7S/c1-23-16(19-9-20-23)24-15(21-14(22-24)5-6-25-2)12-8-18-13-4-3-10(17)7-11(12)13/h3-4,7-9,18H,5-6H2,1-2H3. The molecule has 0 aliphatic heterocycles. The second-order valence-corrected chi connectivity index (χ2v) is 6.57. The van der Waals surface area contributed by atoms with Crippen LogP contribution < -0.4 is 0 Å². The van der Waals surface area contributed by atoms with Crippen LogP contribution in [0.5, 0.6) is 0 Å². The number of halogens is 1. The van der Waals surface area contributed by atoms with E-state index in [0.29, 0.717) is 11.8 Å². The van der Waals surface area contributed by atoms with Gasteiger partial charge in [-0.2, -0.15) is 26.5 Å². The molecular weight excluding hydrogens is 341 g/mol. The number of nitrogens with one attached hydrogen (secondary N) is 1. The van der Waals surface area contributed by atoms with Gasteiger partial charge in [-0.25, -0.2) is 14.1 Å². The molecule has 0 bridgehead atoms. The summed E-state index contributed by atoms with van der Waals surface area (Å²) in [5.74, 6) is 2.52. The largest absolute Gasteiger partial charge is 0.360 e. The highest BCUT2D eigenvalue weighted by molar-refractivity contribution is 7.98. The third-order valence-corrected chi connectivity index (χ3v) is 4.55. The molecule has 0 saturated carbocycles. The van der Waals surface area contributed by atoms with Crippen molar-refractivity contribution in [2.24, 2.45) is 7.05 Å². The number of fused-ring (bicyclic) bond motifs is 1. The van der Waals surface area contributed by atoms with Gasteiger partial charge in [0.2, 0.25) is 0 Å². The molecule has 0 aliphatic carbocycles.